The van der Waals surface area contributed by atoms with Crippen molar-refractivity contribution < 1.29 is 14.6 Å². The van der Waals surface area contributed by atoms with Gasteiger partial charge in [-0.1, -0.05) is 18.2 Å². The predicted molar refractivity (Wildman–Crippen MR) is 57.7 cm³/mol. The molecule has 1 aromatic rings. The van der Waals surface area contributed by atoms with Crippen molar-refractivity contribution in [2.75, 3.05) is 7.11 Å². The number of benzene rings is 1. The fourth-order valence-corrected chi connectivity index (χ4v) is 1.36. The van der Waals surface area contributed by atoms with Crippen LogP contribution >= 0.6 is 0 Å². The molecule has 3 nitrogen and oxygen atoms in total. The lowest BCUT2D eigenvalue weighted by molar-refractivity contribution is -0.140. The summed E-state index contributed by atoms with van der Waals surface area (Å²) in [6, 6.07) is 6.78. The molecular weight excluding hydrogens is 192 g/mol. The molecule has 3 heteroatoms. The van der Waals surface area contributed by atoms with Crippen molar-refractivity contribution in [2.24, 2.45) is 0 Å². The minimum absolute atomic E-state index is 0.121. The third-order valence-electron chi connectivity index (χ3n) is 2.20. The van der Waals surface area contributed by atoms with E-state index in [1.165, 1.54) is 7.11 Å². The summed E-state index contributed by atoms with van der Waals surface area (Å²) in [5.41, 5.74) is 0.857. The maximum Gasteiger partial charge on any atom is 0.306 e. The van der Waals surface area contributed by atoms with E-state index in [9.17, 15) is 9.90 Å². The van der Waals surface area contributed by atoms with Gasteiger partial charge in [0, 0.05) is 5.92 Å². The Morgan fingerprint density at radius 2 is 2.40 bits per heavy atom. The monoisotopic (exact) mass is 206 g/mol. The van der Waals surface area contributed by atoms with Gasteiger partial charge >= 0.3 is 5.97 Å². The summed E-state index contributed by atoms with van der Waals surface area (Å²) in [5.74, 6) is -0.225. The number of ether oxygens (including phenoxy) is 1. The van der Waals surface area contributed by atoms with E-state index in [4.69, 9.17) is 0 Å². The minimum atomic E-state index is -0.289. The second-order valence-corrected chi connectivity index (χ2v) is 3.22. The van der Waals surface area contributed by atoms with Crippen LogP contribution in [0.2, 0.25) is 0 Å². The number of phenols is 1. The molecule has 0 heterocycles. The van der Waals surface area contributed by atoms with Crippen LogP contribution in [0.3, 0.4) is 0 Å². The maximum atomic E-state index is 11.1. The first-order valence-corrected chi connectivity index (χ1v) is 4.65. The standard InChI is InChI=1S/C12H14O3/c1-3-9(8-12(14)15-2)10-5-4-6-11(13)7-10/h3-7,9,13H,1,8H2,2H3. The lowest BCUT2D eigenvalue weighted by Gasteiger charge is -2.11. The molecule has 0 spiro atoms. The van der Waals surface area contributed by atoms with Crippen LogP contribution < -0.4 is 0 Å². The van der Waals surface area contributed by atoms with E-state index in [1.54, 1.807) is 24.3 Å². The van der Waals surface area contributed by atoms with Gasteiger partial charge in [0.2, 0.25) is 0 Å². The van der Waals surface area contributed by atoms with Crippen molar-refractivity contribution in [1.29, 1.82) is 0 Å². The highest BCUT2D eigenvalue weighted by Gasteiger charge is 2.13. The third-order valence-corrected chi connectivity index (χ3v) is 2.20. The smallest absolute Gasteiger partial charge is 0.306 e. The van der Waals surface area contributed by atoms with Gasteiger partial charge in [0.1, 0.15) is 5.75 Å². The highest BCUT2D eigenvalue weighted by molar-refractivity contribution is 5.70. The number of rotatable bonds is 4. The Kier molecular flexibility index (Phi) is 3.92. The van der Waals surface area contributed by atoms with Crippen LogP contribution in [0, 0.1) is 0 Å². The Labute approximate surface area is 89.0 Å². The van der Waals surface area contributed by atoms with Gasteiger partial charge in [0.25, 0.3) is 0 Å². The van der Waals surface area contributed by atoms with E-state index >= 15 is 0 Å². The van der Waals surface area contributed by atoms with Gasteiger partial charge in [-0.05, 0) is 17.7 Å². The van der Waals surface area contributed by atoms with Crippen molar-refractivity contribution >= 4 is 5.97 Å². The van der Waals surface area contributed by atoms with E-state index in [0.717, 1.165) is 5.56 Å². The van der Waals surface area contributed by atoms with Crippen molar-refractivity contribution in [3.63, 3.8) is 0 Å². The van der Waals surface area contributed by atoms with Gasteiger partial charge in [-0.25, -0.2) is 0 Å². The first kappa shape index (κ1) is 11.3. The molecule has 1 atom stereocenters. The molecule has 15 heavy (non-hydrogen) atoms. The Morgan fingerprint density at radius 1 is 1.67 bits per heavy atom. The van der Waals surface area contributed by atoms with Gasteiger partial charge in [-0.15, -0.1) is 6.58 Å². The zero-order valence-electron chi connectivity index (χ0n) is 8.64. The van der Waals surface area contributed by atoms with Crippen molar-refractivity contribution in [1.82, 2.24) is 0 Å². The van der Waals surface area contributed by atoms with Gasteiger partial charge in [-0.3, -0.25) is 4.79 Å². The number of hydrogen-bond donors (Lipinski definition) is 1. The Morgan fingerprint density at radius 3 is 2.93 bits per heavy atom. The lowest BCUT2D eigenvalue weighted by Crippen LogP contribution is -2.06. The SMILES string of the molecule is C=CC(CC(=O)OC)c1cccc(O)c1. The highest BCUT2D eigenvalue weighted by atomic mass is 16.5. The first-order chi connectivity index (χ1) is 7.17. The van der Waals surface area contributed by atoms with Crippen molar-refractivity contribution in [3.05, 3.63) is 42.5 Å². The molecule has 1 unspecified atom stereocenters. The molecule has 1 N–H and O–H groups in total. The second-order valence-electron chi connectivity index (χ2n) is 3.22. The van der Waals surface area contributed by atoms with E-state index in [-0.39, 0.29) is 24.1 Å². The Balaban J connectivity index is 2.83. The molecule has 0 fully saturated rings. The van der Waals surface area contributed by atoms with Crippen LogP contribution in [0.4, 0.5) is 0 Å². The van der Waals surface area contributed by atoms with Gasteiger partial charge < -0.3 is 9.84 Å². The quantitative estimate of drug-likeness (QED) is 0.607. The molecule has 0 radical (unpaired) electrons. The minimum Gasteiger partial charge on any atom is -0.508 e. The van der Waals surface area contributed by atoms with Crippen LogP contribution in [-0.4, -0.2) is 18.2 Å². The number of carbonyl (C=O) groups is 1. The fourth-order valence-electron chi connectivity index (χ4n) is 1.36. The van der Waals surface area contributed by atoms with Crippen LogP contribution in [0.5, 0.6) is 5.75 Å². The predicted octanol–water partition coefficient (Wildman–Crippen LogP) is 2.22. The zero-order chi connectivity index (χ0) is 11.3. The summed E-state index contributed by atoms with van der Waals surface area (Å²) in [7, 11) is 1.35. The number of allylic oxidation sites excluding steroid dienone is 1. The Bertz CT molecular complexity index is 358. The van der Waals surface area contributed by atoms with Crippen molar-refractivity contribution in [3.8, 4) is 5.75 Å². The molecule has 0 saturated carbocycles. The highest BCUT2D eigenvalue weighted by Crippen LogP contribution is 2.24. The average Bonchev–Trinajstić information content (AvgIpc) is 2.25. The van der Waals surface area contributed by atoms with Gasteiger partial charge in [0.05, 0.1) is 13.5 Å². The fraction of sp³-hybridized carbons (Fsp3) is 0.250. The molecule has 0 aromatic heterocycles. The van der Waals surface area contributed by atoms with Crippen LogP contribution in [0.15, 0.2) is 36.9 Å². The number of phenolic OH excluding ortho intramolecular Hbond substituents is 1. The van der Waals surface area contributed by atoms with E-state index < -0.39 is 0 Å². The molecule has 0 bridgehead atoms. The molecule has 0 aliphatic heterocycles. The molecule has 0 saturated heterocycles. The molecule has 0 aliphatic carbocycles. The maximum absolute atomic E-state index is 11.1. The number of esters is 1. The number of hydrogen-bond acceptors (Lipinski definition) is 3. The topological polar surface area (TPSA) is 46.5 Å². The average molecular weight is 206 g/mol. The number of aromatic hydroxyl groups is 1. The van der Waals surface area contributed by atoms with E-state index in [0.29, 0.717) is 0 Å². The van der Waals surface area contributed by atoms with E-state index in [1.807, 2.05) is 6.07 Å². The summed E-state index contributed by atoms with van der Waals surface area (Å²) < 4.78 is 4.59. The number of methoxy groups -OCH3 is 1. The normalized spacial score (nSPS) is 11.8. The van der Waals surface area contributed by atoms with Crippen LogP contribution in [-0.2, 0) is 9.53 Å². The molecular formula is C12H14O3. The van der Waals surface area contributed by atoms with Gasteiger partial charge in [-0.2, -0.15) is 0 Å². The summed E-state index contributed by atoms with van der Waals surface area (Å²) in [6.45, 7) is 3.67. The van der Waals surface area contributed by atoms with Crippen LogP contribution in [0.1, 0.15) is 17.9 Å². The summed E-state index contributed by atoms with van der Waals surface area (Å²) in [6.07, 6.45) is 1.91. The first-order valence-electron chi connectivity index (χ1n) is 4.65. The summed E-state index contributed by atoms with van der Waals surface area (Å²) in [5, 5.41) is 9.30. The Hall–Kier alpha value is -1.77. The molecule has 1 aromatic carbocycles. The largest absolute Gasteiger partial charge is 0.508 e. The molecule has 1 rings (SSSR count). The summed E-state index contributed by atoms with van der Waals surface area (Å²) in [4.78, 5) is 11.1. The molecule has 80 valence electrons. The van der Waals surface area contributed by atoms with Gasteiger partial charge in [0.15, 0.2) is 0 Å². The second kappa shape index (κ2) is 5.20. The third kappa shape index (κ3) is 3.13. The molecule has 0 amide bonds. The number of carbonyl (C=O) groups excluding carboxylic acids is 1. The van der Waals surface area contributed by atoms with Crippen LogP contribution in [0.25, 0.3) is 0 Å². The summed E-state index contributed by atoms with van der Waals surface area (Å²) >= 11 is 0. The lowest BCUT2D eigenvalue weighted by atomic mass is 9.96. The molecule has 0 aliphatic rings. The van der Waals surface area contributed by atoms with E-state index in [2.05, 4.69) is 11.3 Å². The van der Waals surface area contributed by atoms with Crippen molar-refractivity contribution in [2.45, 2.75) is 12.3 Å². The zero-order valence-corrected chi connectivity index (χ0v) is 8.64.